The molecule has 1 saturated carbocycles. The summed E-state index contributed by atoms with van der Waals surface area (Å²) in [7, 11) is 0. The van der Waals surface area contributed by atoms with Gasteiger partial charge >= 0.3 is 0 Å². The van der Waals surface area contributed by atoms with Crippen LogP contribution in [-0.4, -0.2) is 0 Å². The molecule has 1 nitrogen and oxygen atoms in total. The first-order chi connectivity index (χ1) is 14.0. The van der Waals surface area contributed by atoms with Crippen LogP contribution < -0.4 is 5.73 Å². The van der Waals surface area contributed by atoms with Crippen LogP contribution in [0.4, 0.5) is 5.69 Å². The highest BCUT2D eigenvalue weighted by molar-refractivity contribution is 5.65. The van der Waals surface area contributed by atoms with E-state index in [1.165, 1.54) is 49.7 Å². The third-order valence-corrected chi connectivity index (χ3v) is 5.03. The minimum atomic E-state index is 0.808. The highest BCUT2D eigenvalue weighted by Gasteiger charge is 2.15. The monoisotopic (exact) mass is 393 g/mol. The molecule has 1 fully saturated rings. The van der Waals surface area contributed by atoms with E-state index in [0.717, 1.165) is 22.7 Å². The molecule has 0 radical (unpaired) electrons. The van der Waals surface area contributed by atoms with Crippen LogP contribution in [-0.2, 0) is 6.42 Å². The highest BCUT2D eigenvalue weighted by atomic mass is 14.5. The smallest absolute Gasteiger partial charge is 0.0322 e. The second-order valence-corrected chi connectivity index (χ2v) is 7.35. The fourth-order valence-corrected chi connectivity index (χ4v) is 3.56. The summed E-state index contributed by atoms with van der Waals surface area (Å²) in [6.45, 7) is 20.1. The molecular formula is C28H43N. The van der Waals surface area contributed by atoms with Gasteiger partial charge in [-0.15, -0.1) is 13.2 Å². The zero-order valence-electron chi connectivity index (χ0n) is 19.6. The Morgan fingerprint density at radius 1 is 1.00 bits per heavy atom. The summed E-state index contributed by atoms with van der Waals surface area (Å²) in [5.74, 6) is 0.857. The molecule has 0 heterocycles. The molecule has 0 unspecified atom stereocenters. The number of hydrogen-bond donors (Lipinski definition) is 1. The fourth-order valence-electron chi connectivity index (χ4n) is 3.56. The molecule has 3 rings (SSSR count). The van der Waals surface area contributed by atoms with Crippen LogP contribution in [0.5, 0.6) is 0 Å². The van der Waals surface area contributed by atoms with E-state index in [-0.39, 0.29) is 0 Å². The van der Waals surface area contributed by atoms with Crippen LogP contribution in [0.15, 0.2) is 62.2 Å². The number of anilines is 1. The molecule has 0 saturated heterocycles. The Balaban J connectivity index is 0.000000472. The molecule has 2 aromatic rings. The number of nitrogens with two attached hydrogens (primary N) is 1. The van der Waals surface area contributed by atoms with Gasteiger partial charge in [-0.25, -0.2) is 0 Å². The lowest BCUT2D eigenvalue weighted by Gasteiger charge is -2.22. The zero-order valence-corrected chi connectivity index (χ0v) is 19.6. The van der Waals surface area contributed by atoms with Gasteiger partial charge in [0.2, 0.25) is 0 Å². The van der Waals surface area contributed by atoms with E-state index in [2.05, 4.69) is 57.0 Å². The fraction of sp³-hybridized carbons (Fsp3) is 0.429. The topological polar surface area (TPSA) is 26.0 Å². The minimum Gasteiger partial charge on any atom is -0.399 e. The summed E-state index contributed by atoms with van der Waals surface area (Å²) in [5.41, 5.74) is 12.9. The number of benzene rings is 2. The normalized spacial score (nSPS) is 12.9. The van der Waals surface area contributed by atoms with Crippen molar-refractivity contribution in [2.75, 3.05) is 5.73 Å². The Morgan fingerprint density at radius 3 is 2.14 bits per heavy atom. The molecule has 0 spiro atoms. The van der Waals surface area contributed by atoms with E-state index >= 15 is 0 Å². The first-order valence-corrected chi connectivity index (χ1v) is 11.1. The first kappa shape index (κ1) is 26.7. The van der Waals surface area contributed by atoms with Crippen molar-refractivity contribution >= 4 is 11.3 Å². The van der Waals surface area contributed by atoms with Crippen molar-refractivity contribution in [3.63, 3.8) is 0 Å². The number of rotatable bonds is 3. The molecule has 1 aliphatic carbocycles. The average Bonchev–Trinajstić information content (AvgIpc) is 2.77. The van der Waals surface area contributed by atoms with Crippen molar-refractivity contribution in [3.05, 3.63) is 84.5 Å². The Bertz CT molecular complexity index is 688. The Kier molecular flexibility index (Phi) is 14.4. The van der Waals surface area contributed by atoms with Crippen molar-refractivity contribution in [2.24, 2.45) is 0 Å². The standard InChI is InChI=1S/C14H20.C10H13N.C2H6.C2H4/c1-2-12-7-6-10-14(11-12)13-8-4-3-5-9-13;1-7(2)9-4-8(3)5-10(11)6-9;2*1-2/h6-7,10-11,13H,2-5,8-9H2,1H3;4-6H,1,11H2,2-3H3;1-2H3;1-2H2. The van der Waals surface area contributed by atoms with Crippen LogP contribution in [0.2, 0.25) is 0 Å². The van der Waals surface area contributed by atoms with E-state index in [1.807, 2.05) is 39.8 Å². The second-order valence-electron chi connectivity index (χ2n) is 7.35. The molecule has 0 aliphatic heterocycles. The van der Waals surface area contributed by atoms with Gasteiger partial charge in [-0.05, 0) is 73.4 Å². The molecule has 160 valence electrons. The molecule has 2 N–H and O–H groups in total. The van der Waals surface area contributed by atoms with Gasteiger partial charge in [-0.2, -0.15) is 0 Å². The van der Waals surface area contributed by atoms with Crippen LogP contribution >= 0.6 is 0 Å². The molecule has 29 heavy (non-hydrogen) atoms. The maximum Gasteiger partial charge on any atom is 0.0322 e. The molecule has 1 heteroatoms. The van der Waals surface area contributed by atoms with Gasteiger partial charge in [0.1, 0.15) is 0 Å². The first-order valence-electron chi connectivity index (χ1n) is 11.1. The van der Waals surface area contributed by atoms with E-state index in [9.17, 15) is 0 Å². The molecule has 1 aliphatic rings. The lowest BCUT2D eigenvalue weighted by atomic mass is 9.83. The third kappa shape index (κ3) is 10.2. The summed E-state index contributed by atoms with van der Waals surface area (Å²) >= 11 is 0. The number of hydrogen-bond acceptors (Lipinski definition) is 1. The zero-order chi connectivity index (χ0) is 22.2. The Labute approximate surface area is 180 Å². The summed E-state index contributed by atoms with van der Waals surface area (Å²) in [6.07, 6.45) is 8.30. The third-order valence-electron chi connectivity index (χ3n) is 5.03. The second kappa shape index (κ2) is 15.6. The lowest BCUT2D eigenvalue weighted by Crippen LogP contribution is -2.04. The molecule has 0 atom stereocenters. The van der Waals surface area contributed by atoms with Gasteiger partial charge in [0.05, 0.1) is 0 Å². The van der Waals surface area contributed by atoms with Crippen molar-refractivity contribution in [1.29, 1.82) is 0 Å². The van der Waals surface area contributed by atoms with Crippen molar-refractivity contribution in [3.8, 4) is 0 Å². The quantitative estimate of drug-likeness (QED) is 0.409. The summed E-state index contributed by atoms with van der Waals surface area (Å²) < 4.78 is 0. The van der Waals surface area contributed by atoms with Gasteiger partial charge in [0, 0.05) is 5.69 Å². The Hall–Kier alpha value is -2.28. The predicted octanol–water partition coefficient (Wildman–Crippen LogP) is 8.74. The van der Waals surface area contributed by atoms with Crippen LogP contribution in [0.3, 0.4) is 0 Å². The number of aryl methyl sites for hydroxylation is 2. The van der Waals surface area contributed by atoms with Gasteiger partial charge in [-0.1, -0.05) is 82.5 Å². The van der Waals surface area contributed by atoms with E-state index in [1.54, 1.807) is 5.56 Å². The maximum atomic E-state index is 5.66. The molecule has 0 aromatic heterocycles. The van der Waals surface area contributed by atoms with Crippen molar-refractivity contribution in [1.82, 2.24) is 0 Å². The van der Waals surface area contributed by atoms with Crippen LogP contribution in [0, 0.1) is 6.92 Å². The molecule has 0 amide bonds. The minimum absolute atomic E-state index is 0.808. The SMILES string of the molecule is C=C.C=C(C)c1cc(C)cc(N)c1.CC.CCc1cccc(C2CCCCC2)c1. The average molecular weight is 394 g/mol. The Morgan fingerprint density at radius 2 is 1.62 bits per heavy atom. The van der Waals surface area contributed by atoms with Gasteiger partial charge in [0.25, 0.3) is 0 Å². The van der Waals surface area contributed by atoms with Crippen LogP contribution in [0.1, 0.15) is 88.0 Å². The van der Waals surface area contributed by atoms with Crippen molar-refractivity contribution < 1.29 is 0 Å². The predicted molar refractivity (Wildman–Crippen MR) is 135 cm³/mol. The van der Waals surface area contributed by atoms with E-state index in [0.29, 0.717) is 0 Å². The number of nitrogen functional groups attached to an aromatic ring is 1. The maximum absolute atomic E-state index is 5.66. The van der Waals surface area contributed by atoms with Gasteiger partial charge in [-0.3, -0.25) is 0 Å². The van der Waals surface area contributed by atoms with Gasteiger partial charge < -0.3 is 5.73 Å². The van der Waals surface area contributed by atoms with E-state index in [4.69, 9.17) is 5.73 Å². The summed E-state index contributed by atoms with van der Waals surface area (Å²) in [6, 6.07) is 15.2. The van der Waals surface area contributed by atoms with Crippen LogP contribution in [0.25, 0.3) is 5.57 Å². The molecular weight excluding hydrogens is 350 g/mol. The largest absolute Gasteiger partial charge is 0.399 e. The molecule has 0 bridgehead atoms. The highest BCUT2D eigenvalue weighted by Crippen LogP contribution is 2.32. The summed E-state index contributed by atoms with van der Waals surface area (Å²) in [4.78, 5) is 0. The van der Waals surface area contributed by atoms with E-state index < -0.39 is 0 Å². The molecule has 2 aromatic carbocycles. The number of allylic oxidation sites excluding steroid dienone is 1. The van der Waals surface area contributed by atoms with Crippen molar-refractivity contribution in [2.45, 2.75) is 79.1 Å². The summed E-state index contributed by atoms with van der Waals surface area (Å²) in [5, 5.41) is 0. The van der Waals surface area contributed by atoms with Gasteiger partial charge in [0.15, 0.2) is 0 Å². The lowest BCUT2D eigenvalue weighted by molar-refractivity contribution is 0.443.